The Hall–Kier alpha value is -2.36. The molecule has 0 radical (unpaired) electrons. The van der Waals surface area contributed by atoms with Gasteiger partial charge in [0.15, 0.2) is 0 Å². The maximum Gasteiger partial charge on any atom is 0.270 e. The minimum Gasteiger partial charge on any atom is -0.348 e. The Kier molecular flexibility index (Phi) is 3.97. The SMILES string of the molecule is CC1Cc2ccccc2N1c1ccc(C(=O)NC2CCCC2)nc1. The maximum absolute atomic E-state index is 12.3. The summed E-state index contributed by atoms with van der Waals surface area (Å²) in [6.45, 7) is 2.22. The highest BCUT2D eigenvalue weighted by Crippen LogP contribution is 2.37. The quantitative estimate of drug-likeness (QED) is 0.934. The zero-order chi connectivity index (χ0) is 16.5. The lowest BCUT2D eigenvalue weighted by molar-refractivity contribution is 0.0933. The van der Waals surface area contributed by atoms with Crippen molar-refractivity contribution in [1.82, 2.24) is 10.3 Å². The number of anilines is 2. The van der Waals surface area contributed by atoms with Gasteiger partial charge in [-0.2, -0.15) is 0 Å². The number of para-hydroxylation sites is 1. The molecule has 2 aliphatic rings. The van der Waals surface area contributed by atoms with Gasteiger partial charge in [-0.05, 0) is 49.9 Å². The van der Waals surface area contributed by atoms with Gasteiger partial charge in [0.1, 0.15) is 5.69 Å². The van der Waals surface area contributed by atoms with Crippen molar-refractivity contribution in [1.29, 1.82) is 0 Å². The van der Waals surface area contributed by atoms with E-state index in [4.69, 9.17) is 0 Å². The summed E-state index contributed by atoms with van der Waals surface area (Å²) in [5, 5.41) is 3.09. The topological polar surface area (TPSA) is 45.2 Å². The third kappa shape index (κ3) is 2.77. The first-order valence-electron chi connectivity index (χ1n) is 8.86. The minimum absolute atomic E-state index is 0.0525. The van der Waals surface area contributed by atoms with Crippen molar-refractivity contribution < 1.29 is 4.79 Å². The van der Waals surface area contributed by atoms with Gasteiger partial charge in [0.05, 0.1) is 11.9 Å². The highest BCUT2D eigenvalue weighted by atomic mass is 16.1. The summed E-state index contributed by atoms with van der Waals surface area (Å²) in [7, 11) is 0. The third-order valence-electron chi connectivity index (χ3n) is 5.16. The fourth-order valence-corrected chi connectivity index (χ4v) is 3.95. The lowest BCUT2D eigenvalue weighted by atomic mass is 10.1. The van der Waals surface area contributed by atoms with Crippen LogP contribution in [0.4, 0.5) is 11.4 Å². The number of rotatable bonds is 3. The molecular formula is C20H23N3O. The Morgan fingerprint density at radius 3 is 2.71 bits per heavy atom. The molecule has 4 rings (SSSR count). The number of amides is 1. The van der Waals surface area contributed by atoms with E-state index < -0.39 is 0 Å². The van der Waals surface area contributed by atoms with Crippen LogP contribution in [0.25, 0.3) is 0 Å². The molecule has 1 saturated carbocycles. The molecule has 124 valence electrons. The number of aromatic nitrogens is 1. The summed E-state index contributed by atoms with van der Waals surface area (Å²) in [6.07, 6.45) is 7.47. The molecule has 1 unspecified atom stereocenters. The normalized spacial score (nSPS) is 20.2. The monoisotopic (exact) mass is 321 g/mol. The molecular weight excluding hydrogens is 298 g/mol. The number of nitrogens with zero attached hydrogens (tertiary/aromatic N) is 2. The van der Waals surface area contributed by atoms with Crippen LogP contribution in [0.3, 0.4) is 0 Å². The number of fused-ring (bicyclic) bond motifs is 1. The zero-order valence-electron chi connectivity index (χ0n) is 14.0. The van der Waals surface area contributed by atoms with E-state index in [0.29, 0.717) is 17.8 Å². The van der Waals surface area contributed by atoms with Crippen molar-refractivity contribution >= 4 is 17.3 Å². The van der Waals surface area contributed by atoms with Crippen LogP contribution >= 0.6 is 0 Å². The molecule has 2 heterocycles. The van der Waals surface area contributed by atoms with Crippen molar-refractivity contribution in [3.8, 4) is 0 Å². The fraction of sp³-hybridized carbons (Fsp3) is 0.400. The van der Waals surface area contributed by atoms with E-state index >= 15 is 0 Å². The molecule has 4 nitrogen and oxygen atoms in total. The van der Waals surface area contributed by atoms with Crippen LogP contribution in [0.5, 0.6) is 0 Å². The maximum atomic E-state index is 12.3. The van der Waals surface area contributed by atoms with Gasteiger partial charge in [-0.25, -0.2) is 4.98 Å². The zero-order valence-corrected chi connectivity index (χ0v) is 14.0. The van der Waals surface area contributed by atoms with Crippen LogP contribution in [-0.2, 0) is 6.42 Å². The van der Waals surface area contributed by atoms with E-state index in [0.717, 1.165) is 24.9 Å². The van der Waals surface area contributed by atoms with Crippen LogP contribution in [-0.4, -0.2) is 23.0 Å². The molecule has 0 spiro atoms. The Labute approximate surface area is 142 Å². The van der Waals surface area contributed by atoms with Gasteiger partial charge in [0.2, 0.25) is 0 Å². The fourth-order valence-electron chi connectivity index (χ4n) is 3.95. The Balaban J connectivity index is 1.52. The number of hydrogen-bond donors (Lipinski definition) is 1. The molecule has 1 aliphatic carbocycles. The first-order valence-corrected chi connectivity index (χ1v) is 8.86. The lowest BCUT2D eigenvalue weighted by Crippen LogP contribution is -2.33. The number of carbonyl (C=O) groups excluding carboxylic acids is 1. The highest BCUT2D eigenvalue weighted by molar-refractivity contribution is 5.92. The molecule has 0 saturated heterocycles. The van der Waals surface area contributed by atoms with E-state index in [1.807, 2.05) is 18.3 Å². The van der Waals surface area contributed by atoms with E-state index in [1.54, 1.807) is 0 Å². The summed E-state index contributed by atoms with van der Waals surface area (Å²) in [4.78, 5) is 19.0. The third-order valence-corrected chi connectivity index (χ3v) is 5.16. The molecule has 4 heteroatoms. The average molecular weight is 321 g/mol. The van der Waals surface area contributed by atoms with Gasteiger partial charge in [-0.15, -0.1) is 0 Å². The van der Waals surface area contributed by atoms with Gasteiger partial charge >= 0.3 is 0 Å². The second kappa shape index (κ2) is 6.27. The first-order chi connectivity index (χ1) is 11.7. The predicted octanol–water partition coefficient (Wildman–Crippen LogP) is 3.84. The summed E-state index contributed by atoms with van der Waals surface area (Å²) < 4.78 is 0. The first kappa shape index (κ1) is 15.2. The van der Waals surface area contributed by atoms with Crippen LogP contribution < -0.4 is 10.2 Å². The minimum atomic E-state index is -0.0525. The van der Waals surface area contributed by atoms with Crippen LogP contribution in [0.15, 0.2) is 42.6 Å². The molecule has 1 N–H and O–H groups in total. The summed E-state index contributed by atoms with van der Waals surface area (Å²) in [6, 6.07) is 13.1. The molecule has 1 aromatic carbocycles. The number of benzene rings is 1. The van der Waals surface area contributed by atoms with Crippen molar-refractivity contribution in [2.24, 2.45) is 0 Å². The summed E-state index contributed by atoms with van der Waals surface area (Å²) >= 11 is 0. The highest BCUT2D eigenvalue weighted by Gasteiger charge is 2.27. The molecule has 1 fully saturated rings. The Morgan fingerprint density at radius 2 is 1.96 bits per heavy atom. The van der Waals surface area contributed by atoms with Gasteiger partial charge in [0.25, 0.3) is 5.91 Å². The molecule has 1 aromatic heterocycles. The van der Waals surface area contributed by atoms with Gasteiger partial charge in [-0.1, -0.05) is 31.0 Å². The number of pyridine rings is 1. The van der Waals surface area contributed by atoms with Crippen molar-refractivity contribution in [2.45, 2.75) is 51.1 Å². The van der Waals surface area contributed by atoms with Gasteiger partial charge < -0.3 is 10.2 Å². The predicted molar refractivity (Wildman–Crippen MR) is 95.7 cm³/mol. The van der Waals surface area contributed by atoms with E-state index in [-0.39, 0.29) is 5.91 Å². The number of carbonyl (C=O) groups is 1. The van der Waals surface area contributed by atoms with Crippen molar-refractivity contribution in [3.63, 3.8) is 0 Å². The van der Waals surface area contributed by atoms with Gasteiger partial charge in [0, 0.05) is 17.8 Å². The van der Waals surface area contributed by atoms with Crippen molar-refractivity contribution in [3.05, 3.63) is 53.9 Å². The van der Waals surface area contributed by atoms with Crippen LogP contribution in [0.1, 0.15) is 48.7 Å². The van der Waals surface area contributed by atoms with Gasteiger partial charge in [-0.3, -0.25) is 4.79 Å². The molecule has 1 aliphatic heterocycles. The standard InChI is InChI=1S/C20H23N3O/c1-14-12-15-6-2-5-9-19(15)23(14)17-10-11-18(21-13-17)20(24)22-16-7-3-4-8-16/h2,5-6,9-11,13-14,16H,3-4,7-8,12H2,1H3,(H,22,24). The second-order valence-electron chi connectivity index (χ2n) is 6.91. The van der Waals surface area contributed by atoms with E-state index in [9.17, 15) is 4.79 Å². The number of hydrogen-bond acceptors (Lipinski definition) is 3. The number of nitrogens with one attached hydrogen (secondary N) is 1. The Morgan fingerprint density at radius 1 is 1.17 bits per heavy atom. The van der Waals surface area contributed by atoms with E-state index in [2.05, 4.69) is 46.4 Å². The largest absolute Gasteiger partial charge is 0.348 e. The molecule has 0 bridgehead atoms. The van der Waals surface area contributed by atoms with Crippen LogP contribution in [0, 0.1) is 0 Å². The second-order valence-corrected chi connectivity index (χ2v) is 6.91. The molecule has 1 atom stereocenters. The molecule has 1 amide bonds. The van der Waals surface area contributed by atoms with Crippen LogP contribution in [0.2, 0.25) is 0 Å². The van der Waals surface area contributed by atoms with Crippen molar-refractivity contribution in [2.75, 3.05) is 4.90 Å². The smallest absolute Gasteiger partial charge is 0.270 e. The van der Waals surface area contributed by atoms with E-state index in [1.165, 1.54) is 24.1 Å². The lowest BCUT2D eigenvalue weighted by Gasteiger charge is -2.24. The summed E-state index contributed by atoms with van der Waals surface area (Å²) in [5.74, 6) is -0.0525. The average Bonchev–Trinajstić information content (AvgIpc) is 3.21. The molecule has 2 aromatic rings. The summed E-state index contributed by atoms with van der Waals surface area (Å²) in [5.41, 5.74) is 4.17. The Bertz CT molecular complexity index is 735. The molecule has 24 heavy (non-hydrogen) atoms.